The number of benzene rings is 1. The Hall–Kier alpha value is -2.34. The number of anilines is 3. The zero-order chi connectivity index (χ0) is 15.4. The molecule has 3 rings (SSSR count). The molecule has 2 heterocycles. The summed E-state index contributed by atoms with van der Waals surface area (Å²) in [5, 5.41) is 6.47. The third-order valence-electron chi connectivity index (χ3n) is 3.08. The van der Waals surface area contributed by atoms with Gasteiger partial charge in [0.1, 0.15) is 23.7 Å². The standard InChI is InChI=1S/C16H15BrN4O/c1-11-4-5-14(13(17)7-11)21-16-8-15(19-10-20-16)18-9-12-3-2-6-22-12/h2-8,10H,9H2,1H3,(H2,18,19,20,21). The molecule has 0 saturated carbocycles. The van der Waals surface area contributed by atoms with E-state index in [4.69, 9.17) is 4.42 Å². The molecule has 112 valence electrons. The number of rotatable bonds is 5. The molecule has 0 spiro atoms. The van der Waals surface area contributed by atoms with Crippen molar-refractivity contribution in [1.29, 1.82) is 0 Å². The molecule has 0 amide bonds. The van der Waals surface area contributed by atoms with Crippen LogP contribution in [-0.4, -0.2) is 9.97 Å². The molecule has 1 aromatic carbocycles. The Bertz CT molecular complexity index is 759. The first-order chi connectivity index (χ1) is 10.7. The monoisotopic (exact) mass is 358 g/mol. The van der Waals surface area contributed by atoms with Gasteiger partial charge < -0.3 is 15.1 Å². The van der Waals surface area contributed by atoms with E-state index in [2.05, 4.69) is 49.5 Å². The van der Waals surface area contributed by atoms with E-state index in [1.165, 1.54) is 11.9 Å². The van der Waals surface area contributed by atoms with Crippen molar-refractivity contribution in [1.82, 2.24) is 9.97 Å². The second-order valence-electron chi connectivity index (χ2n) is 4.83. The third kappa shape index (κ3) is 3.65. The Morgan fingerprint density at radius 1 is 1.14 bits per heavy atom. The van der Waals surface area contributed by atoms with Gasteiger partial charge >= 0.3 is 0 Å². The lowest BCUT2D eigenvalue weighted by atomic mass is 10.2. The van der Waals surface area contributed by atoms with E-state index in [-0.39, 0.29) is 0 Å². The molecule has 2 N–H and O–H groups in total. The molecule has 0 aliphatic carbocycles. The normalized spacial score (nSPS) is 10.5. The average molecular weight is 359 g/mol. The van der Waals surface area contributed by atoms with E-state index in [1.807, 2.05) is 30.3 Å². The first kappa shape index (κ1) is 14.6. The van der Waals surface area contributed by atoms with Crippen molar-refractivity contribution in [2.75, 3.05) is 10.6 Å². The number of hydrogen-bond acceptors (Lipinski definition) is 5. The van der Waals surface area contributed by atoms with Crippen molar-refractivity contribution in [2.45, 2.75) is 13.5 Å². The quantitative estimate of drug-likeness (QED) is 0.703. The molecule has 0 atom stereocenters. The van der Waals surface area contributed by atoms with Crippen LogP contribution < -0.4 is 10.6 Å². The van der Waals surface area contributed by atoms with Crippen molar-refractivity contribution < 1.29 is 4.42 Å². The van der Waals surface area contributed by atoms with Crippen LogP contribution >= 0.6 is 15.9 Å². The van der Waals surface area contributed by atoms with Gasteiger partial charge in [0.25, 0.3) is 0 Å². The zero-order valence-electron chi connectivity index (χ0n) is 12.0. The van der Waals surface area contributed by atoms with Crippen LogP contribution in [0, 0.1) is 6.92 Å². The van der Waals surface area contributed by atoms with Crippen molar-refractivity contribution in [3.05, 3.63) is 64.8 Å². The Morgan fingerprint density at radius 3 is 2.77 bits per heavy atom. The molecule has 3 aromatic rings. The summed E-state index contributed by atoms with van der Waals surface area (Å²) in [6, 6.07) is 11.7. The summed E-state index contributed by atoms with van der Waals surface area (Å²) in [6.45, 7) is 2.63. The maximum absolute atomic E-state index is 5.28. The molecule has 0 unspecified atom stereocenters. The van der Waals surface area contributed by atoms with Crippen molar-refractivity contribution in [3.63, 3.8) is 0 Å². The highest BCUT2D eigenvalue weighted by atomic mass is 79.9. The highest BCUT2D eigenvalue weighted by Gasteiger charge is 2.04. The number of nitrogens with one attached hydrogen (secondary N) is 2. The predicted molar refractivity (Wildman–Crippen MR) is 90.2 cm³/mol. The number of aromatic nitrogens is 2. The predicted octanol–water partition coefficient (Wildman–Crippen LogP) is 4.50. The van der Waals surface area contributed by atoms with Gasteiger partial charge in [-0.3, -0.25) is 0 Å². The van der Waals surface area contributed by atoms with Crippen LogP contribution in [0.3, 0.4) is 0 Å². The molecule has 6 heteroatoms. The number of aryl methyl sites for hydroxylation is 1. The van der Waals surface area contributed by atoms with Crippen LogP contribution in [0.2, 0.25) is 0 Å². The molecule has 0 saturated heterocycles. The second-order valence-corrected chi connectivity index (χ2v) is 5.68. The minimum absolute atomic E-state index is 0.581. The first-order valence-corrected chi connectivity index (χ1v) is 7.61. The summed E-state index contributed by atoms with van der Waals surface area (Å²) in [7, 11) is 0. The van der Waals surface area contributed by atoms with Crippen LogP contribution in [0.15, 0.2) is 57.9 Å². The second kappa shape index (κ2) is 6.62. The van der Waals surface area contributed by atoms with Gasteiger partial charge in [0.15, 0.2) is 0 Å². The molecule has 22 heavy (non-hydrogen) atoms. The number of hydrogen-bond donors (Lipinski definition) is 2. The largest absolute Gasteiger partial charge is 0.467 e. The topological polar surface area (TPSA) is 63.0 Å². The lowest BCUT2D eigenvalue weighted by Gasteiger charge is -2.10. The molecule has 0 bridgehead atoms. The molecule has 0 fully saturated rings. The lowest BCUT2D eigenvalue weighted by molar-refractivity contribution is 0.518. The van der Waals surface area contributed by atoms with Gasteiger partial charge in [0, 0.05) is 10.5 Å². The maximum Gasteiger partial charge on any atom is 0.135 e. The molecular weight excluding hydrogens is 344 g/mol. The summed E-state index contributed by atoms with van der Waals surface area (Å²) in [6.07, 6.45) is 3.17. The smallest absolute Gasteiger partial charge is 0.135 e. The van der Waals surface area contributed by atoms with E-state index in [0.29, 0.717) is 6.54 Å². The first-order valence-electron chi connectivity index (χ1n) is 6.82. The van der Waals surface area contributed by atoms with Crippen LogP contribution in [0.5, 0.6) is 0 Å². The van der Waals surface area contributed by atoms with Gasteiger partial charge in [-0.05, 0) is 52.7 Å². The molecular formula is C16H15BrN4O. The van der Waals surface area contributed by atoms with Crippen LogP contribution in [0.4, 0.5) is 17.3 Å². The van der Waals surface area contributed by atoms with E-state index in [9.17, 15) is 0 Å². The SMILES string of the molecule is Cc1ccc(Nc2cc(NCc3ccco3)ncn2)c(Br)c1. The summed E-state index contributed by atoms with van der Waals surface area (Å²) >= 11 is 3.55. The van der Waals surface area contributed by atoms with E-state index < -0.39 is 0 Å². The van der Waals surface area contributed by atoms with Gasteiger partial charge in [0.2, 0.25) is 0 Å². The fourth-order valence-electron chi connectivity index (χ4n) is 1.97. The minimum Gasteiger partial charge on any atom is -0.467 e. The van der Waals surface area contributed by atoms with Crippen LogP contribution in [0.25, 0.3) is 0 Å². The van der Waals surface area contributed by atoms with Gasteiger partial charge in [-0.15, -0.1) is 0 Å². The fourth-order valence-corrected chi connectivity index (χ4v) is 2.57. The molecule has 2 aromatic heterocycles. The lowest BCUT2D eigenvalue weighted by Crippen LogP contribution is -2.02. The van der Waals surface area contributed by atoms with Gasteiger partial charge in [-0.2, -0.15) is 0 Å². The summed E-state index contributed by atoms with van der Waals surface area (Å²) in [5.41, 5.74) is 2.15. The molecule has 5 nitrogen and oxygen atoms in total. The molecule has 0 aliphatic rings. The van der Waals surface area contributed by atoms with Crippen LogP contribution in [0.1, 0.15) is 11.3 Å². The highest BCUT2D eigenvalue weighted by Crippen LogP contribution is 2.26. The minimum atomic E-state index is 0.581. The fraction of sp³-hybridized carbons (Fsp3) is 0.125. The average Bonchev–Trinajstić information content (AvgIpc) is 3.02. The summed E-state index contributed by atoms with van der Waals surface area (Å²) in [4.78, 5) is 8.44. The Kier molecular flexibility index (Phi) is 4.39. The Labute approximate surface area is 136 Å². The summed E-state index contributed by atoms with van der Waals surface area (Å²) in [5.74, 6) is 2.31. The Morgan fingerprint density at radius 2 is 2.00 bits per heavy atom. The Balaban J connectivity index is 1.70. The highest BCUT2D eigenvalue weighted by molar-refractivity contribution is 9.10. The number of furan rings is 1. The van der Waals surface area contributed by atoms with E-state index in [0.717, 1.165) is 27.6 Å². The van der Waals surface area contributed by atoms with Crippen molar-refractivity contribution in [3.8, 4) is 0 Å². The summed E-state index contributed by atoms with van der Waals surface area (Å²) < 4.78 is 6.28. The van der Waals surface area contributed by atoms with Gasteiger partial charge in [-0.1, -0.05) is 6.07 Å². The van der Waals surface area contributed by atoms with Crippen molar-refractivity contribution >= 4 is 33.3 Å². The van der Waals surface area contributed by atoms with Crippen LogP contribution in [-0.2, 0) is 6.54 Å². The third-order valence-corrected chi connectivity index (χ3v) is 3.73. The van der Waals surface area contributed by atoms with Gasteiger partial charge in [-0.25, -0.2) is 9.97 Å². The van der Waals surface area contributed by atoms with E-state index in [1.54, 1.807) is 6.26 Å². The van der Waals surface area contributed by atoms with Gasteiger partial charge in [0.05, 0.1) is 18.5 Å². The zero-order valence-corrected chi connectivity index (χ0v) is 13.6. The number of nitrogens with zero attached hydrogens (tertiary/aromatic N) is 2. The molecule has 0 aliphatic heterocycles. The molecule has 0 radical (unpaired) electrons. The van der Waals surface area contributed by atoms with Crippen molar-refractivity contribution in [2.24, 2.45) is 0 Å². The van der Waals surface area contributed by atoms with E-state index >= 15 is 0 Å². The number of halogens is 1. The maximum atomic E-state index is 5.28.